The number of rotatable bonds is 3. The van der Waals surface area contributed by atoms with Gasteiger partial charge in [-0.25, -0.2) is 4.98 Å². The Balaban J connectivity index is 1.89. The van der Waals surface area contributed by atoms with E-state index >= 15 is 0 Å². The van der Waals surface area contributed by atoms with Gasteiger partial charge in [0.25, 0.3) is 0 Å². The quantitative estimate of drug-likeness (QED) is 0.761. The van der Waals surface area contributed by atoms with Gasteiger partial charge in [0.15, 0.2) is 0 Å². The van der Waals surface area contributed by atoms with Crippen LogP contribution in [0.15, 0.2) is 54.9 Å². The number of aromatic nitrogens is 2. The van der Waals surface area contributed by atoms with E-state index in [1.54, 1.807) is 12.4 Å². The number of pyridine rings is 2. The number of nitrogen functional groups attached to an aromatic ring is 1. The van der Waals surface area contributed by atoms with Crippen LogP contribution >= 0.6 is 0 Å². The fourth-order valence-electron chi connectivity index (χ4n) is 2.30. The summed E-state index contributed by atoms with van der Waals surface area (Å²) in [6, 6.07) is 13.8. The summed E-state index contributed by atoms with van der Waals surface area (Å²) in [6.07, 6.45) is 4.15. The minimum Gasteiger partial charge on any atom is -0.383 e. The summed E-state index contributed by atoms with van der Waals surface area (Å²) in [5.41, 5.74) is 15.2. The van der Waals surface area contributed by atoms with Crippen molar-refractivity contribution < 1.29 is 0 Å². The van der Waals surface area contributed by atoms with Crippen LogP contribution in [0.2, 0.25) is 0 Å². The Kier molecular flexibility index (Phi) is 3.31. The molecule has 1 atom stereocenters. The standard InChI is InChI=1S/C16H16N4/c17-14(10-13-4-2-8-20-16(13)18)11-5-6-15-12(9-11)3-1-7-19-15/h1-9,14H,10,17H2,(H2,18,20). The summed E-state index contributed by atoms with van der Waals surface area (Å²) in [5.74, 6) is 0.547. The molecule has 0 aliphatic carbocycles. The van der Waals surface area contributed by atoms with Gasteiger partial charge in [0.05, 0.1) is 5.52 Å². The van der Waals surface area contributed by atoms with Crippen molar-refractivity contribution in [1.82, 2.24) is 9.97 Å². The van der Waals surface area contributed by atoms with Crippen molar-refractivity contribution in [3.63, 3.8) is 0 Å². The van der Waals surface area contributed by atoms with E-state index in [-0.39, 0.29) is 6.04 Å². The lowest BCUT2D eigenvalue weighted by atomic mass is 9.98. The molecule has 0 radical (unpaired) electrons. The van der Waals surface area contributed by atoms with Crippen LogP contribution in [0.25, 0.3) is 10.9 Å². The normalized spacial score (nSPS) is 12.4. The Morgan fingerprint density at radius 1 is 1.00 bits per heavy atom. The van der Waals surface area contributed by atoms with Crippen LogP contribution in [-0.4, -0.2) is 9.97 Å². The van der Waals surface area contributed by atoms with E-state index < -0.39 is 0 Å². The van der Waals surface area contributed by atoms with Gasteiger partial charge in [-0.1, -0.05) is 18.2 Å². The Labute approximate surface area is 117 Å². The summed E-state index contributed by atoms with van der Waals surface area (Å²) in [5, 5.41) is 1.10. The molecule has 2 heterocycles. The first-order valence-corrected chi connectivity index (χ1v) is 6.53. The average molecular weight is 264 g/mol. The summed E-state index contributed by atoms with van der Waals surface area (Å²) >= 11 is 0. The van der Waals surface area contributed by atoms with Gasteiger partial charge >= 0.3 is 0 Å². The highest BCUT2D eigenvalue weighted by molar-refractivity contribution is 5.79. The van der Waals surface area contributed by atoms with Gasteiger partial charge in [-0.2, -0.15) is 0 Å². The Hall–Kier alpha value is -2.46. The minimum atomic E-state index is -0.105. The Bertz CT molecular complexity index is 739. The lowest BCUT2D eigenvalue weighted by molar-refractivity contribution is 0.722. The van der Waals surface area contributed by atoms with Crippen LogP contribution in [0.5, 0.6) is 0 Å². The van der Waals surface area contributed by atoms with Crippen LogP contribution in [-0.2, 0) is 6.42 Å². The van der Waals surface area contributed by atoms with Crippen LogP contribution in [0.4, 0.5) is 5.82 Å². The van der Waals surface area contributed by atoms with Gasteiger partial charge in [-0.3, -0.25) is 4.98 Å². The van der Waals surface area contributed by atoms with Gasteiger partial charge in [0.2, 0.25) is 0 Å². The molecular weight excluding hydrogens is 248 g/mol. The maximum Gasteiger partial charge on any atom is 0.126 e. The largest absolute Gasteiger partial charge is 0.383 e. The highest BCUT2D eigenvalue weighted by Crippen LogP contribution is 2.22. The molecular formula is C16H16N4. The van der Waals surface area contributed by atoms with Crippen molar-refractivity contribution in [1.29, 1.82) is 0 Å². The third-order valence-corrected chi connectivity index (χ3v) is 3.42. The van der Waals surface area contributed by atoms with Crippen LogP contribution in [0, 0.1) is 0 Å². The number of anilines is 1. The molecule has 0 aliphatic rings. The second kappa shape index (κ2) is 5.27. The van der Waals surface area contributed by atoms with Gasteiger partial charge in [-0.05, 0) is 41.8 Å². The van der Waals surface area contributed by atoms with E-state index in [4.69, 9.17) is 11.5 Å². The maximum atomic E-state index is 6.28. The fourth-order valence-corrected chi connectivity index (χ4v) is 2.30. The molecule has 0 fully saturated rings. The highest BCUT2D eigenvalue weighted by atomic mass is 14.8. The monoisotopic (exact) mass is 264 g/mol. The molecule has 4 N–H and O–H groups in total. The number of fused-ring (bicyclic) bond motifs is 1. The second-order valence-electron chi connectivity index (χ2n) is 4.81. The van der Waals surface area contributed by atoms with Gasteiger partial charge in [0.1, 0.15) is 5.82 Å². The lowest BCUT2D eigenvalue weighted by Gasteiger charge is -2.13. The Morgan fingerprint density at radius 2 is 1.80 bits per heavy atom. The summed E-state index contributed by atoms with van der Waals surface area (Å²) in [4.78, 5) is 8.40. The van der Waals surface area contributed by atoms with Crippen LogP contribution in [0.3, 0.4) is 0 Å². The molecule has 3 rings (SSSR count). The summed E-state index contributed by atoms with van der Waals surface area (Å²) in [7, 11) is 0. The molecule has 3 aromatic rings. The zero-order valence-corrected chi connectivity index (χ0v) is 11.0. The highest BCUT2D eigenvalue weighted by Gasteiger charge is 2.10. The molecule has 100 valence electrons. The van der Waals surface area contributed by atoms with Crippen molar-refractivity contribution in [2.45, 2.75) is 12.5 Å². The molecule has 4 heteroatoms. The molecule has 2 aromatic heterocycles. The average Bonchev–Trinajstić information content (AvgIpc) is 2.49. The first-order chi connectivity index (χ1) is 9.74. The van der Waals surface area contributed by atoms with Crippen LogP contribution in [0.1, 0.15) is 17.2 Å². The van der Waals surface area contributed by atoms with Crippen LogP contribution < -0.4 is 11.5 Å². The van der Waals surface area contributed by atoms with E-state index in [0.717, 1.165) is 22.0 Å². The number of hydrogen-bond acceptors (Lipinski definition) is 4. The molecule has 0 spiro atoms. The SMILES string of the molecule is Nc1ncccc1CC(N)c1ccc2ncccc2c1. The topological polar surface area (TPSA) is 77.8 Å². The first kappa shape index (κ1) is 12.6. The zero-order chi connectivity index (χ0) is 13.9. The third-order valence-electron chi connectivity index (χ3n) is 3.42. The molecule has 0 amide bonds. The van der Waals surface area contributed by atoms with Crippen molar-refractivity contribution in [2.24, 2.45) is 5.73 Å². The molecule has 0 saturated heterocycles. The van der Waals surface area contributed by atoms with Crippen molar-refractivity contribution in [2.75, 3.05) is 5.73 Å². The van der Waals surface area contributed by atoms with Crippen molar-refractivity contribution in [3.8, 4) is 0 Å². The predicted molar refractivity (Wildman–Crippen MR) is 81.0 cm³/mol. The molecule has 0 bridgehead atoms. The van der Waals surface area contributed by atoms with E-state index in [1.807, 2.05) is 36.4 Å². The van der Waals surface area contributed by atoms with E-state index in [9.17, 15) is 0 Å². The van der Waals surface area contributed by atoms with Gasteiger partial charge in [0, 0.05) is 23.8 Å². The van der Waals surface area contributed by atoms with E-state index in [1.165, 1.54) is 0 Å². The maximum absolute atomic E-state index is 6.28. The second-order valence-corrected chi connectivity index (χ2v) is 4.81. The van der Waals surface area contributed by atoms with Gasteiger partial charge in [-0.15, -0.1) is 0 Å². The predicted octanol–water partition coefficient (Wildman–Crippen LogP) is 2.45. The third kappa shape index (κ3) is 2.46. The number of nitrogens with two attached hydrogens (primary N) is 2. The molecule has 1 aromatic carbocycles. The zero-order valence-electron chi connectivity index (χ0n) is 11.0. The smallest absolute Gasteiger partial charge is 0.126 e. The van der Waals surface area contributed by atoms with Crippen molar-refractivity contribution in [3.05, 3.63) is 66.0 Å². The van der Waals surface area contributed by atoms with E-state index in [0.29, 0.717) is 12.2 Å². The lowest BCUT2D eigenvalue weighted by Crippen LogP contribution is -2.14. The van der Waals surface area contributed by atoms with Crippen molar-refractivity contribution >= 4 is 16.7 Å². The summed E-state index contributed by atoms with van der Waals surface area (Å²) < 4.78 is 0. The number of hydrogen-bond donors (Lipinski definition) is 2. The molecule has 4 nitrogen and oxygen atoms in total. The van der Waals surface area contributed by atoms with Gasteiger partial charge < -0.3 is 11.5 Å². The number of nitrogens with zero attached hydrogens (tertiary/aromatic N) is 2. The molecule has 0 saturated carbocycles. The Morgan fingerprint density at radius 3 is 2.65 bits per heavy atom. The molecule has 1 unspecified atom stereocenters. The summed E-state index contributed by atoms with van der Waals surface area (Å²) in [6.45, 7) is 0. The molecule has 0 aliphatic heterocycles. The van der Waals surface area contributed by atoms with E-state index in [2.05, 4.69) is 16.0 Å². The minimum absolute atomic E-state index is 0.105. The molecule has 20 heavy (non-hydrogen) atoms. The fraction of sp³-hybridized carbons (Fsp3) is 0.125. The first-order valence-electron chi connectivity index (χ1n) is 6.53. The number of benzene rings is 1.